The predicted octanol–water partition coefficient (Wildman–Crippen LogP) is 3.47. The molecule has 1 aromatic heterocycles. The molecule has 1 aromatic carbocycles. The number of anilines is 1. The smallest absolute Gasteiger partial charge is 0.316 e. The van der Waals surface area contributed by atoms with E-state index in [0.29, 0.717) is 18.9 Å². The van der Waals surface area contributed by atoms with E-state index in [1.165, 1.54) is 4.90 Å². The maximum Gasteiger partial charge on any atom is 0.316 e. The van der Waals surface area contributed by atoms with Crippen LogP contribution in [-0.2, 0) is 4.79 Å². The topological polar surface area (TPSA) is 71.3 Å². The second kappa shape index (κ2) is 8.45. The fraction of sp³-hybridized carbons (Fsp3) is 0.526. The molecular formula is C19H24F2N4O2. The molecule has 0 saturated heterocycles. The molecule has 1 atom stereocenters. The zero-order valence-electron chi connectivity index (χ0n) is 15.3. The average molecular weight is 378 g/mol. The maximum absolute atomic E-state index is 13.0. The van der Waals surface area contributed by atoms with Crippen molar-refractivity contribution in [3.63, 3.8) is 0 Å². The molecule has 0 radical (unpaired) electrons. The molecule has 1 fully saturated rings. The van der Waals surface area contributed by atoms with Crippen LogP contribution < -0.4 is 5.32 Å². The number of hydrogen-bond donors (Lipinski definition) is 1. The molecule has 1 aliphatic carbocycles. The standard InChI is InChI=1S/C19H24F2N4O2/c1-14(17(26)25(12-10-20)11-9-19(13-21)7-8-19)22-18-24-23-16(27-18)15-5-3-2-4-6-15/h2-6,14H,7-13H2,1H3,(H,22,24). The van der Waals surface area contributed by atoms with Gasteiger partial charge >= 0.3 is 6.01 Å². The van der Waals surface area contributed by atoms with Crippen LogP contribution in [0.5, 0.6) is 0 Å². The Balaban J connectivity index is 1.59. The summed E-state index contributed by atoms with van der Waals surface area (Å²) in [5.74, 6) is 0.0683. The van der Waals surface area contributed by atoms with Gasteiger partial charge in [0.2, 0.25) is 11.8 Å². The van der Waals surface area contributed by atoms with E-state index in [1.807, 2.05) is 30.3 Å². The lowest BCUT2D eigenvalue weighted by Crippen LogP contribution is -2.43. The average Bonchev–Trinajstić information content (AvgIpc) is 3.34. The zero-order valence-corrected chi connectivity index (χ0v) is 15.3. The van der Waals surface area contributed by atoms with Crippen LogP contribution >= 0.6 is 0 Å². The molecule has 146 valence electrons. The van der Waals surface area contributed by atoms with Crippen LogP contribution in [0.3, 0.4) is 0 Å². The molecule has 0 bridgehead atoms. The van der Waals surface area contributed by atoms with Crippen LogP contribution in [0.1, 0.15) is 26.2 Å². The highest BCUT2D eigenvalue weighted by molar-refractivity contribution is 5.83. The van der Waals surface area contributed by atoms with Gasteiger partial charge in [0.25, 0.3) is 0 Å². The second-order valence-corrected chi connectivity index (χ2v) is 7.04. The van der Waals surface area contributed by atoms with Crippen molar-refractivity contribution < 1.29 is 18.0 Å². The highest BCUT2D eigenvalue weighted by atomic mass is 19.1. The second-order valence-electron chi connectivity index (χ2n) is 7.04. The summed E-state index contributed by atoms with van der Waals surface area (Å²) in [6.45, 7) is 0.967. The number of rotatable bonds is 10. The molecule has 1 saturated carbocycles. The first kappa shape index (κ1) is 19.3. The molecule has 3 rings (SSSR count). The maximum atomic E-state index is 13.0. The number of aromatic nitrogens is 2. The van der Waals surface area contributed by atoms with Crippen molar-refractivity contribution >= 4 is 11.9 Å². The number of nitrogens with one attached hydrogen (secondary N) is 1. The van der Waals surface area contributed by atoms with Crippen molar-refractivity contribution in [2.24, 2.45) is 5.41 Å². The first-order chi connectivity index (χ1) is 13.1. The van der Waals surface area contributed by atoms with Crippen LogP contribution in [0, 0.1) is 5.41 Å². The minimum Gasteiger partial charge on any atom is -0.403 e. The fourth-order valence-electron chi connectivity index (χ4n) is 2.93. The first-order valence-corrected chi connectivity index (χ1v) is 9.13. The lowest BCUT2D eigenvalue weighted by molar-refractivity contribution is -0.132. The minimum absolute atomic E-state index is 0.00762. The summed E-state index contributed by atoms with van der Waals surface area (Å²) in [7, 11) is 0. The summed E-state index contributed by atoms with van der Waals surface area (Å²) in [5, 5.41) is 10.7. The Labute approximate surface area is 157 Å². The number of carbonyl (C=O) groups is 1. The van der Waals surface area contributed by atoms with Crippen LogP contribution in [0.15, 0.2) is 34.7 Å². The molecule has 6 nitrogen and oxygen atoms in total. The summed E-state index contributed by atoms with van der Waals surface area (Å²) in [5.41, 5.74) is 0.472. The largest absolute Gasteiger partial charge is 0.403 e. The van der Waals surface area contributed by atoms with E-state index in [1.54, 1.807) is 6.92 Å². The number of nitrogens with zero attached hydrogens (tertiary/aromatic N) is 3. The number of halogens is 2. The predicted molar refractivity (Wildman–Crippen MR) is 97.6 cm³/mol. The molecule has 0 spiro atoms. The Morgan fingerprint density at radius 3 is 2.63 bits per heavy atom. The molecule has 1 unspecified atom stereocenters. The zero-order chi connectivity index (χ0) is 19.3. The Kier molecular flexibility index (Phi) is 6.03. The lowest BCUT2D eigenvalue weighted by atomic mass is 10.0. The van der Waals surface area contributed by atoms with Crippen molar-refractivity contribution in [1.82, 2.24) is 15.1 Å². The molecule has 8 heteroatoms. The van der Waals surface area contributed by atoms with Crippen LogP contribution in [0.4, 0.5) is 14.8 Å². The Hall–Kier alpha value is -2.51. The van der Waals surface area contributed by atoms with Gasteiger partial charge in [-0.2, -0.15) is 0 Å². The molecule has 1 N–H and O–H groups in total. The SMILES string of the molecule is CC(Nc1nnc(-c2ccccc2)o1)C(=O)N(CCF)CCC1(CF)CC1. The van der Waals surface area contributed by atoms with Crippen molar-refractivity contribution in [3.8, 4) is 11.5 Å². The quantitative estimate of drug-likeness (QED) is 0.685. The van der Waals surface area contributed by atoms with Crippen molar-refractivity contribution in [3.05, 3.63) is 30.3 Å². The summed E-state index contributed by atoms with van der Waals surface area (Å²) in [6.07, 6.45) is 2.22. The normalized spacial score (nSPS) is 16.0. The van der Waals surface area contributed by atoms with Crippen LogP contribution in [0.2, 0.25) is 0 Å². The molecule has 1 aliphatic rings. The van der Waals surface area contributed by atoms with E-state index in [4.69, 9.17) is 4.42 Å². The van der Waals surface area contributed by atoms with Gasteiger partial charge in [0, 0.05) is 24.1 Å². The van der Waals surface area contributed by atoms with E-state index in [9.17, 15) is 13.6 Å². The van der Waals surface area contributed by atoms with Gasteiger partial charge in [0.1, 0.15) is 12.7 Å². The van der Waals surface area contributed by atoms with Crippen LogP contribution in [0.25, 0.3) is 11.5 Å². The molecule has 0 aliphatic heterocycles. The van der Waals surface area contributed by atoms with Gasteiger partial charge in [-0.25, -0.2) is 4.39 Å². The van der Waals surface area contributed by atoms with E-state index in [2.05, 4.69) is 15.5 Å². The molecule has 1 heterocycles. The van der Waals surface area contributed by atoms with Gasteiger partial charge in [-0.05, 0) is 38.3 Å². The van der Waals surface area contributed by atoms with Gasteiger partial charge < -0.3 is 14.6 Å². The first-order valence-electron chi connectivity index (χ1n) is 9.13. The molecular weight excluding hydrogens is 354 g/mol. The van der Waals surface area contributed by atoms with Gasteiger partial charge in [-0.3, -0.25) is 9.18 Å². The number of hydrogen-bond acceptors (Lipinski definition) is 5. The molecule has 27 heavy (non-hydrogen) atoms. The lowest BCUT2D eigenvalue weighted by Gasteiger charge is -2.26. The number of alkyl halides is 2. The highest BCUT2D eigenvalue weighted by Crippen LogP contribution is 2.49. The van der Waals surface area contributed by atoms with Gasteiger partial charge in [0.15, 0.2) is 0 Å². The summed E-state index contributed by atoms with van der Waals surface area (Å²) >= 11 is 0. The van der Waals surface area contributed by atoms with E-state index >= 15 is 0 Å². The minimum atomic E-state index is -0.666. The third-order valence-electron chi connectivity index (χ3n) is 4.97. The monoisotopic (exact) mass is 378 g/mol. The van der Waals surface area contributed by atoms with Crippen molar-refractivity contribution in [1.29, 1.82) is 0 Å². The third kappa shape index (κ3) is 4.81. The van der Waals surface area contributed by atoms with Crippen LogP contribution in [-0.4, -0.2) is 53.5 Å². The number of benzene rings is 1. The van der Waals surface area contributed by atoms with E-state index in [-0.39, 0.29) is 30.6 Å². The fourth-order valence-corrected chi connectivity index (χ4v) is 2.93. The number of amides is 1. The van der Waals surface area contributed by atoms with Crippen molar-refractivity contribution in [2.75, 3.05) is 31.8 Å². The van der Waals surface area contributed by atoms with Gasteiger partial charge in [-0.1, -0.05) is 23.3 Å². The molecule has 2 aromatic rings. The Morgan fingerprint density at radius 2 is 2.00 bits per heavy atom. The summed E-state index contributed by atoms with van der Waals surface area (Å²) in [4.78, 5) is 14.1. The highest BCUT2D eigenvalue weighted by Gasteiger charge is 2.42. The number of carbonyl (C=O) groups excluding carboxylic acids is 1. The molecule has 1 amide bonds. The Bertz CT molecular complexity index is 749. The summed E-state index contributed by atoms with van der Waals surface area (Å²) < 4.78 is 31.5. The van der Waals surface area contributed by atoms with Gasteiger partial charge in [0.05, 0.1) is 6.67 Å². The Morgan fingerprint density at radius 1 is 1.26 bits per heavy atom. The van der Waals surface area contributed by atoms with Gasteiger partial charge in [-0.15, -0.1) is 5.10 Å². The summed E-state index contributed by atoms with van der Waals surface area (Å²) in [6, 6.07) is 8.74. The van der Waals surface area contributed by atoms with E-state index < -0.39 is 12.7 Å². The van der Waals surface area contributed by atoms with E-state index in [0.717, 1.165) is 18.4 Å². The van der Waals surface area contributed by atoms with Crippen molar-refractivity contribution in [2.45, 2.75) is 32.2 Å². The third-order valence-corrected chi connectivity index (χ3v) is 4.97.